The standard InChI is InChI=1S/C13H27N3S/c1-15-6-4-11(5-7-15)10-16(2)12-8-14-9-13(12)17-3/h11-14H,4-10H2,1-3H3. The minimum absolute atomic E-state index is 0.740. The number of rotatable bonds is 4. The fourth-order valence-electron chi connectivity index (χ4n) is 3.11. The Morgan fingerprint density at radius 3 is 2.65 bits per heavy atom. The molecular weight excluding hydrogens is 230 g/mol. The molecule has 100 valence electrons. The number of likely N-dealkylation sites (tertiary alicyclic amines) is 1. The van der Waals surface area contributed by atoms with Crippen LogP contribution in [0.25, 0.3) is 0 Å². The highest BCUT2D eigenvalue weighted by Crippen LogP contribution is 2.22. The first-order valence-electron chi connectivity index (χ1n) is 6.83. The van der Waals surface area contributed by atoms with Gasteiger partial charge in [0.05, 0.1) is 0 Å². The van der Waals surface area contributed by atoms with Crippen LogP contribution in [-0.2, 0) is 0 Å². The Hall–Kier alpha value is 0.230. The van der Waals surface area contributed by atoms with Gasteiger partial charge in [-0.1, -0.05) is 0 Å². The molecule has 2 heterocycles. The van der Waals surface area contributed by atoms with Gasteiger partial charge < -0.3 is 15.1 Å². The minimum atomic E-state index is 0.740. The van der Waals surface area contributed by atoms with Crippen molar-refractivity contribution in [2.24, 2.45) is 5.92 Å². The maximum Gasteiger partial charge on any atom is 0.0348 e. The Labute approximate surface area is 110 Å². The molecule has 2 unspecified atom stereocenters. The van der Waals surface area contributed by atoms with Crippen molar-refractivity contribution in [3.8, 4) is 0 Å². The fourth-order valence-corrected chi connectivity index (χ4v) is 4.01. The molecule has 2 aliphatic rings. The fraction of sp³-hybridized carbons (Fsp3) is 1.00. The summed E-state index contributed by atoms with van der Waals surface area (Å²) in [4.78, 5) is 5.06. The van der Waals surface area contributed by atoms with Crippen LogP contribution in [0.4, 0.5) is 0 Å². The van der Waals surface area contributed by atoms with Gasteiger partial charge in [-0.05, 0) is 52.2 Å². The van der Waals surface area contributed by atoms with E-state index in [0.29, 0.717) is 0 Å². The molecule has 1 N–H and O–H groups in total. The number of hydrogen-bond donors (Lipinski definition) is 1. The minimum Gasteiger partial charge on any atom is -0.314 e. The summed E-state index contributed by atoms with van der Waals surface area (Å²) in [5, 5.41) is 4.31. The lowest BCUT2D eigenvalue weighted by Gasteiger charge is -2.35. The molecule has 0 aliphatic carbocycles. The van der Waals surface area contributed by atoms with Crippen molar-refractivity contribution in [1.82, 2.24) is 15.1 Å². The second-order valence-corrected chi connectivity index (χ2v) is 6.76. The topological polar surface area (TPSA) is 18.5 Å². The van der Waals surface area contributed by atoms with Crippen LogP contribution in [0.1, 0.15) is 12.8 Å². The lowest BCUT2D eigenvalue weighted by atomic mass is 9.96. The zero-order chi connectivity index (χ0) is 12.3. The maximum absolute atomic E-state index is 3.53. The molecule has 0 saturated carbocycles. The second-order valence-electron chi connectivity index (χ2n) is 5.69. The van der Waals surface area contributed by atoms with Crippen molar-refractivity contribution < 1.29 is 0 Å². The first-order chi connectivity index (χ1) is 8.20. The van der Waals surface area contributed by atoms with Crippen molar-refractivity contribution in [2.75, 3.05) is 53.1 Å². The number of piperidine rings is 1. The molecule has 0 amide bonds. The van der Waals surface area contributed by atoms with Gasteiger partial charge >= 0.3 is 0 Å². The molecule has 0 spiro atoms. The summed E-state index contributed by atoms with van der Waals surface area (Å²) in [5.41, 5.74) is 0. The Kier molecular flexibility index (Phi) is 5.15. The van der Waals surface area contributed by atoms with Gasteiger partial charge in [-0.3, -0.25) is 0 Å². The van der Waals surface area contributed by atoms with Gasteiger partial charge in [0.25, 0.3) is 0 Å². The highest BCUT2D eigenvalue weighted by molar-refractivity contribution is 7.99. The third kappa shape index (κ3) is 3.60. The van der Waals surface area contributed by atoms with E-state index in [9.17, 15) is 0 Å². The molecule has 0 aromatic heterocycles. The van der Waals surface area contributed by atoms with Gasteiger partial charge in [0.1, 0.15) is 0 Å². The number of nitrogens with one attached hydrogen (secondary N) is 1. The lowest BCUT2D eigenvalue weighted by Crippen LogP contribution is -2.44. The van der Waals surface area contributed by atoms with E-state index in [-0.39, 0.29) is 0 Å². The largest absolute Gasteiger partial charge is 0.314 e. The van der Waals surface area contributed by atoms with Gasteiger partial charge in [-0.15, -0.1) is 0 Å². The van der Waals surface area contributed by atoms with Crippen LogP contribution in [0.15, 0.2) is 0 Å². The smallest absolute Gasteiger partial charge is 0.0348 e. The van der Waals surface area contributed by atoms with Gasteiger partial charge in [-0.25, -0.2) is 0 Å². The van der Waals surface area contributed by atoms with Crippen LogP contribution in [0, 0.1) is 5.92 Å². The predicted molar refractivity (Wildman–Crippen MR) is 76.8 cm³/mol. The van der Waals surface area contributed by atoms with E-state index in [1.165, 1.54) is 45.6 Å². The van der Waals surface area contributed by atoms with E-state index in [1.807, 2.05) is 11.8 Å². The molecule has 4 heteroatoms. The summed E-state index contributed by atoms with van der Waals surface area (Å²) in [5.74, 6) is 0.916. The van der Waals surface area contributed by atoms with Crippen LogP contribution >= 0.6 is 11.8 Å². The molecule has 2 fully saturated rings. The number of hydrogen-bond acceptors (Lipinski definition) is 4. The van der Waals surface area contributed by atoms with Crippen molar-refractivity contribution in [3.63, 3.8) is 0 Å². The van der Waals surface area contributed by atoms with Crippen molar-refractivity contribution in [1.29, 1.82) is 0 Å². The van der Waals surface area contributed by atoms with Gasteiger partial charge in [0.15, 0.2) is 0 Å². The van der Waals surface area contributed by atoms with E-state index in [1.54, 1.807) is 0 Å². The lowest BCUT2D eigenvalue weighted by molar-refractivity contribution is 0.156. The molecule has 0 bridgehead atoms. The van der Waals surface area contributed by atoms with E-state index >= 15 is 0 Å². The number of likely N-dealkylation sites (N-methyl/N-ethyl adjacent to an activating group) is 1. The van der Waals surface area contributed by atoms with Crippen LogP contribution in [0.2, 0.25) is 0 Å². The molecule has 0 aromatic rings. The van der Waals surface area contributed by atoms with Gasteiger partial charge in [0, 0.05) is 30.9 Å². The quantitative estimate of drug-likeness (QED) is 0.808. The van der Waals surface area contributed by atoms with Crippen molar-refractivity contribution in [3.05, 3.63) is 0 Å². The van der Waals surface area contributed by atoms with E-state index in [0.717, 1.165) is 17.2 Å². The zero-order valence-electron chi connectivity index (χ0n) is 11.5. The van der Waals surface area contributed by atoms with E-state index in [2.05, 4.69) is 35.5 Å². The zero-order valence-corrected chi connectivity index (χ0v) is 12.3. The van der Waals surface area contributed by atoms with Gasteiger partial charge in [-0.2, -0.15) is 11.8 Å². The molecule has 0 aromatic carbocycles. The number of nitrogens with zero attached hydrogens (tertiary/aromatic N) is 2. The molecule has 2 atom stereocenters. The summed E-state index contributed by atoms with van der Waals surface area (Å²) >= 11 is 2.02. The summed E-state index contributed by atoms with van der Waals surface area (Å²) in [6.45, 7) is 6.22. The third-order valence-corrected chi connectivity index (χ3v) is 5.47. The van der Waals surface area contributed by atoms with Crippen molar-refractivity contribution in [2.45, 2.75) is 24.1 Å². The average Bonchev–Trinajstić information content (AvgIpc) is 2.80. The molecule has 17 heavy (non-hydrogen) atoms. The number of thioether (sulfide) groups is 1. The summed E-state index contributed by atoms with van der Waals surface area (Å²) in [6, 6.07) is 0.740. The second kappa shape index (κ2) is 6.41. The Morgan fingerprint density at radius 2 is 2.00 bits per heavy atom. The molecule has 2 saturated heterocycles. The van der Waals surface area contributed by atoms with E-state index < -0.39 is 0 Å². The Balaban J connectivity index is 1.78. The first-order valence-corrected chi connectivity index (χ1v) is 8.11. The normalized spacial score (nSPS) is 32.5. The highest BCUT2D eigenvalue weighted by atomic mass is 32.2. The summed E-state index contributed by atoms with van der Waals surface area (Å²) in [7, 11) is 4.56. The van der Waals surface area contributed by atoms with Crippen LogP contribution in [0.5, 0.6) is 0 Å². The van der Waals surface area contributed by atoms with Crippen LogP contribution < -0.4 is 5.32 Å². The molecule has 0 radical (unpaired) electrons. The average molecular weight is 257 g/mol. The molecule has 2 rings (SSSR count). The molecule has 3 nitrogen and oxygen atoms in total. The molecular formula is C13H27N3S. The molecule has 2 aliphatic heterocycles. The maximum atomic E-state index is 3.53. The first kappa shape index (κ1) is 13.7. The Morgan fingerprint density at radius 1 is 1.29 bits per heavy atom. The van der Waals surface area contributed by atoms with Gasteiger partial charge in [0.2, 0.25) is 0 Å². The Bertz CT molecular complexity index is 229. The SMILES string of the molecule is CSC1CNCC1N(C)CC1CCN(C)CC1. The van der Waals surface area contributed by atoms with Crippen molar-refractivity contribution >= 4 is 11.8 Å². The highest BCUT2D eigenvalue weighted by Gasteiger charge is 2.30. The monoisotopic (exact) mass is 257 g/mol. The van der Waals surface area contributed by atoms with Crippen LogP contribution in [0.3, 0.4) is 0 Å². The third-order valence-electron chi connectivity index (χ3n) is 4.38. The van der Waals surface area contributed by atoms with E-state index in [4.69, 9.17) is 0 Å². The van der Waals surface area contributed by atoms with Crippen LogP contribution in [-0.4, -0.2) is 74.2 Å². The summed E-state index contributed by atoms with van der Waals surface area (Å²) < 4.78 is 0. The predicted octanol–water partition coefficient (Wildman–Crippen LogP) is 0.963. The summed E-state index contributed by atoms with van der Waals surface area (Å²) in [6.07, 6.45) is 5.00.